The van der Waals surface area contributed by atoms with Crippen molar-refractivity contribution in [2.75, 3.05) is 26.7 Å². The van der Waals surface area contributed by atoms with Gasteiger partial charge >= 0.3 is 0 Å². The van der Waals surface area contributed by atoms with Crippen molar-refractivity contribution < 1.29 is 9.53 Å². The lowest BCUT2D eigenvalue weighted by molar-refractivity contribution is 0.0712. The van der Waals surface area contributed by atoms with Crippen LogP contribution in [-0.4, -0.2) is 53.5 Å². The second-order valence-corrected chi connectivity index (χ2v) is 10.5. The molecule has 1 amide bonds. The Morgan fingerprint density at radius 1 is 1.09 bits per heavy atom. The second kappa shape index (κ2) is 9.84. The van der Waals surface area contributed by atoms with Gasteiger partial charge in [-0.25, -0.2) is 4.98 Å². The summed E-state index contributed by atoms with van der Waals surface area (Å²) < 4.78 is 5.75. The maximum Gasteiger partial charge on any atom is 0.272 e. The molecule has 2 heterocycles. The van der Waals surface area contributed by atoms with Crippen LogP contribution in [0.2, 0.25) is 0 Å². The topological polar surface area (TPSA) is 45.7 Å². The van der Waals surface area contributed by atoms with E-state index in [0.717, 1.165) is 44.1 Å². The molecular weight excluding hydrogens is 410 g/mol. The van der Waals surface area contributed by atoms with Crippen LogP contribution in [0.4, 0.5) is 0 Å². The zero-order valence-corrected chi connectivity index (χ0v) is 20.1. The van der Waals surface area contributed by atoms with Crippen molar-refractivity contribution in [3.05, 3.63) is 58.9 Å². The number of nitrogens with zero attached hydrogens (tertiary/aromatic N) is 3. The summed E-state index contributed by atoms with van der Waals surface area (Å²) in [5, 5.41) is 0. The number of likely N-dealkylation sites (N-methyl/N-ethyl adjacent to an activating group) is 1. The number of hydrogen-bond acceptors (Lipinski definition) is 4. The molecule has 1 aromatic carbocycles. The van der Waals surface area contributed by atoms with E-state index in [1.807, 2.05) is 18.0 Å². The van der Waals surface area contributed by atoms with Gasteiger partial charge in [0.05, 0.1) is 12.8 Å². The second-order valence-electron chi connectivity index (χ2n) is 10.5. The van der Waals surface area contributed by atoms with E-state index in [-0.39, 0.29) is 11.9 Å². The summed E-state index contributed by atoms with van der Waals surface area (Å²) in [5.74, 6) is 2.32. The van der Waals surface area contributed by atoms with E-state index in [1.165, 1.54) is 55.5 Å². The molecule has 3 aliphatic rings. The average molecular weight is 448 g/mol. The number of carbonyl (C=O) groups excluding carboxylic acids is 1. The normalized spacial score (nSPS) is 21.5. The minimum atomic E-state index is -0.00635. The highest BCUT2D eigenvalue weighted by molar-refractivity contribution is 5.92. The van der Waals surface area contributed by atoms with Gasteiger partial charge in [-0.15, -0.1) is 0 Å². The van der Waals surface area contributed by atoms with Crippen LogP contribution < -0.4 is 4.74 Å². The number of rotatable bonds is 7. The number of piperidine rings is 1. The summed E-state index contributed by atoms with van der Waals surface area (Å²) in [6.45, 7) is 6.62. The van der Waals surface area contributed by atoms with E-state index >= 15 is 0 Å². The van der Waals surface area contributed by atoms with Crippen molar-refractivity contribution in [1.82, 2.24) is 14.8 Å². The van der Waals surface area contributed by atoms with Crippen molar-refractivity contribution in [3.8, 4) is 5.75 Å². The van der Waals surface area contributed by atoms with Gasteiger partial charge < -0.3 is 9.64 Å². The summed E-state index contributed by atoms with van der Waals surface area (Å²) in [6.07, 6.45) is 9.80. The zero-order valence-electron chi connectivity index (χ0n) is 20.1. The molecule has 1 atom stereocenters. The monoisotopic (exact) mass is 447 g/mol. The smallest absolute Gasteiger partial charge is 0.272 e. The number of carbonyl (C=O) groups is 1. The van der Waals surface area contributed by atoms with E-state index < -0.39 is 0 Å². The summed E-state index contributed by atoms with van der Waals surface area (Å²) in [6, 6.07) is 10.9. The lowest BCUT2D eigenvalue weighted by atomic mass is 9.86. The first-order valence-electron chi connectivity index (χ1n) is 12.7. The number of ether oxygens (including phenoxy) is 1. The molecule has 33 heavy (non-hydrogen) atoms. The molecule has 2 aliphatic carbocycles. The average Bonchev–Trinajstić information content (AvgIpc) is 3.68. The number of benzene rings is 1. The number of likely N-dealkylation sites (tertiary alicyclic amines) is 1. The molecule has 0 radical (unpaired) electrons. The fourth-order valence-electron chi connectivity index (χ4n) is 5.13. The lowest BCUT2D eigenvalue weighted by Crippen LogP contribution is -2.41. The van der Waals surface area contributed by atoms with Crippen LogP contribution in [-0.2, 0) is 19.4 Å². The minimum Gasteiger partial charge on any atom is -0.492 e. The molecule has 1 saturated carbocycles. The molecule has 1 aromatic heterocycles. The Balaban J connectivity index is 1.17. The molecule has 0 spiro atoms. The molecule has 0 bridgehead atoms. The van der Waals surface area contributed by atoms with Gasteiger partial charge in [0.2, 0.25) is 0 Å². The van der Waals surface area contributed by atoms with Gasteiger partial charge in [0.15, 0.2) is 0 Å². The largest absolute Gasteiger partial charge is 0.492 e. The Morgan fingerprint density at radius 3 is 2.64 bits per heavy atom. The van der Waals surface area contributed by atoms with Crippen molar-refractivity contribution in [2.24, 2.45) is 11.8 Å². The van der Waals surface area contributed by atoms with Crippen molar-refractivity contribution in [3.63, 3.8) is 0 Å². The highest BCUT2D eigenvalue weighted by Crippen LogP contribution is 2.30. The van der Waals surface area contributed by atoms with Gasteiger partial charge in [-0.05, 0) is 98.7 Å². The van der Waals surface area contributed by atoms with E-state index in [1.54, 1.807) is 12.3 Å². The van der Waals surface area contributed by atoms with Gasteiger partial charge in [-0.1, -0.05) is 25.1 Å². The van der Waals surface area contributed by atoms with Gasteiger partial charge in [0, 0.05) is 19.6 Å². The molecule has 176 valence electrons. The van der Waals surface area contributed by atoms with Gasteiger partial charge in [0.25, 0.3) is 5.91 Å². The Hall–Kier alpha value is -2.40. The third-order valence-electron chi connectivity index (χ3n) is 7.76. The predicted octanol–water partition coefficient (Wildman–Crippen LogP) is 4.73. The fourth-order valence-corrected chi connectivity index (χ4v) is 5.13. The lowest BCUT2D eigenvalue weighted by Gasteiger charge is -2.33. The van der Waals surface area contributed by atoms with Crippen LogP contribution in [0.15, 0.2) is 36.5 Å². The van der Waals surface area contributed by atoms with Gasteiger partial charge in [0.1, 0.15) is 11.4 Å². The van der Waals surface area contributed by atoms with Crippen LogP contribution in [0, 0.1) is 11.8 Å². The highest BCUT2D eigenvalue weighted by Gasteiger charge is 2.27. The maximum atomic E-state index is 13.1. The van der Waals surface area contributed by atoms with Crippen molar-refractivity contribution in [2.45, 2.75) is 64.5 Å². The van der Waals surface area contributed by atoms with Crippen molar-refractivity contribution in [1.29, 1.82) is 0 Å². The number of amides is 1. The van der Waals surface area contributed by atoms with Crippen LogP contribution in [0.3, 0.4) is 0 Å². The Labute approximate surface area is 198 Å². The quantitative estimate of drug-likeness (QED) is 0.616. The number of aryl methyl sites for hydroxylation is 1. The Kier molecular flexibility index (Phi) is 6.68. The van der Waals surface area contributed by atoms with Crippen molar-refractivity contribution >= 4 is 5.91 Å². The molecule has 2 aromatic rings. The molecule has 2 fully saturated rings. The number of hydrogen-bond donors (Lipinski definition) is 0. The van der Waals surface area contributed by atoms with Crippen LogP contribution in [0.25, 0.3) is 0 Å². The van der Waals surface area contributed by atoms with Crippen LogP contribution in [0.5, 0.6) is 5.75 Å². The molecule has 0 unspecified atom stereocenters. The van der Waals surface area contributed by atoms with E-state index in [2.05, 4.69) is 35.0 Å². The molecule has 5 nitrogen and oxygen atoms in total. The SMILES string of the molecule is CC1CCN(Cc2ccc3c(c2)CC[C@H](N(C)C(=O)c2ccc(OCC4CC4)cn2)C3)CC1. The minimum absolute atomic E-state index is 0.00635. The molecule has 5 heteroatoms. The molecular formula is C28H37N3O2. The number of fused-ring (bicyclic) bond motifs is 1. The maximum absolute atomic E-state index is 13.1. The molecule has 5 rings (SSSR count). The van der Waals surface area contributed by atoms with Crippen LogP contribution in [0.1, 0.15) is 66.2 Å². The number of aromatic nitrogens is 1. The Morgan fingerprint density at radius 2 is 1.91 bits per heavy atom. The molecule has 1 aliphatic heterocycles. The third kappa shape index (κ3) is 5.57. The summed E-state index contributed by atoms with van der Waals surface area (Å²) in [5.41, 5.74) is 4.77. The third-order valence-corrected chi connectivity index (χ3v) is 7.76. The predicted molar refractivity (Wildman–Crippen MR) is 130 cm³/mol. The summed E-state index contributed by atoms with van der Waals surface area (Å²) in [4.78, 5) is 21.9. The standard InChI is InChI=1S/C28H37N3O2/c1-20-11-13-31(14-12-20)18-22-5-6-24-16-25(8-7-23(24)15-22)30(2)28(32)27-10-9-26(17-29-27)33-19-21-3-4-21/h5-6,9-10,15,17,20-21,25H,3-4,7-8,11-14,16,18-19H2,1-2H3/t25-/m0/s1. The van der Waals surface area contributed by atoms with E-state index in [0.29, 0.717) is 11.6 Å². The van der Waals surface area contributed by atoms with Gasteiger partial charge in [-0.2, -0.15) is 0 Å². The van der Waals surface area contributed by atoms with E-state index in [9.17, 15) is 4.79 Å². The fraction of sp³-hybridized carbons (Fsp3) is 0.571. The zero-order chi connectivity index (χ0) is 22.8. The van der Waals surface area contributed by atoms with Gasteiger partial charge in [-0.3, -0.25) is 9.69 Å². The first kappa shape index (κ1) is 22.4. The molecule has 1 saturated heterocycles. The Bertz CT molecular complexity index is 962. The first-order chi connectivity index (χ1) is 16.0. The van der Waals surface area contributed by atoms with E-state index in [4.69, 9.17) is 4.74 Å². The van der Waals surface area contributed by atoms with Crippen LogP contribution >= 0.6 is 0 Å². The first-order valence-corrected chi connectivity index (χ1v) is 12.7. The highest BCUT2D eigenvalue weighted by atomic mass is 16.5. The summed E-state index contributed by atoms with van der Waals surface area (Å²) >= 11 is 0. The summed E-state index contributed by atoms with van der Waals surface area (Å²) in [7, 11) is 1.92. The molecule has 0 N–H and O–H groups in total. The number of pyridine rings is 1.